The van der Waals surface area contributed by atoms with Crippen molar-refractivity contribution in [3.05, 3.63) is 10.5 Å². The zero-order valence-corrected chi connectivity index (χ0v) is 6.25. The van der Waals surface area contributed by atoms with Gasteiger partial charge in [0.25, 0.3) is 0 Å². The summed E-state index contributed by atoms with van der Waals surface area (Å²) < 4.78 is 1.57. The molecule has 10 heavy (non-hydrogen) atoms. The number of hydrogen-bond acceptors (Lipinski definition) is 3. The standard InChI is InChI=1S/C5H10N4O/c1-8(2)5-6-4(10)7-9(5)3/h1-3H3,(H,7,10). The van der Waals surface area contributed by atoms with Gasteiger partial charge in [-0.25, -0.2) is 9.89 Å². The fraction of sp³-hybridized carbons (Fsp3) is 0.600. The number of aromatic amines is 1. The molecule has 5 nitrogen and oxygen atoms in total. The second kappa shape index (κ2) is 2.17. The zero-order chi connectivity index (χ0) is 7.72. The van der Waals surface area contributed by atoms with E-state index in [1.807, 2.05) is 14.1 Å². The molecule has 0 aliphatic rings. The lowest BCUT2D eigenvalue weighted by molar-refractivity contribution is 0.744. The summed E-state index contributed by atoms with van der Waals surface area (Å²) in [7, 11) is 5.40. The molecule has 0 saturated heterocycles. The first-order valence-electron chi connectivity index (χ1n) is 2.91. The lowest BCUT2D eigenvalue weighted by atomic mass is 10.8. The van der Waals surface area contributed by atoms with Gasteiger partial charge in [0.2, 0.25) is 5.95 Å². The van der Waals surface area contributed by atoms with Crippen LogP contribution in [0.15, 0.2) is 4.79 Å². The van der Waals surface area contributed by atoms with E-state index in [1.54, 1.807) is 16.6 Å². The van der Waals surface area contributed by atoms with Crippen LogP contribution in [-0.2, 0) is 7.05 Å². The Kier molecular flexibility index (Phi) is 1.48. The number of nitrogens with one attached hydrogen (secondary N) is 1. The molecule has 0 amide bonds. The lowest BCUT2D eigenvalue weighted by Crippen LogP contribution is -2.14. The Morgan fingerprint density at radius 3 is 2.40 bits per heavy atom. The highest BCUT2D eigenvalue weighted by Gasteiger charge is 2.02. The van der Waals surface area contributed by atoms with E-state index in [2.05, 4.69) is 10.1 Å². The van der Waals surface area contributed by atoms with Gasteiger partial charge >= 0.3 is 5.69 Å². The van der Waals surface area contributed by atoms with Gasteiger partial charge in [-0.2, -0.15) is 4.98 Å². The van der Waals surface area contributed by atoms with Crippen LogP contribution in [0.25, 0.3) is 0 Å². The minimum Gasteiger partial charge on any atom is -0.347 e. The minimum atomic E-state index is -0.314. The van der Waals surface area contributed by atoms with Gasteiger partial charge < -0.3 is 4.90 Å². The third-order valence-electron chi connectivity index (χ3n) is 1.16. The van der Waals surface area contributed by atoms with E-state index in [0.29, 0.717) is 5.95 Å². The highest BCUT2D eigenvalue weighted by Crippen LogP contribution is 1.97. The van der Waals surface area contributed by atoms with Crippen LogP contribution in [0.3, 0.4) is 0 Å². The first kappa shape index (κ1) is 6.85. The van der Waals surface area contributed by atoms with Crippen LogP contribution in [0.1, 0.15) is 0 Å². The molecule has 0 bridgehead atoms. The van der Waals surface area contributed by atoms with E-state index in [-0.39, 0.29) is 5.69 Å². The predicted molar refractivity (Wildman–Crippen MR) is 38.2 cm³/mol. The summed E-state index contributed by atoms with van der Waals surface area (Å²) in [6, 6.07) is 0. The van der Waals surface area contributed by atoms with Crippen molar-refractivity contribution in [1.82, 2.24) is 14.8 Å². The van der Waals surface area contributed by atoms with Gasteiger partial charge in [0.15, 0.2) is 0 Å². The van der Waals surface area contributed by atoms with Crippen LogP contribution in [0.2, 0.25) is 0 Å². The fourth-order valence-corrected chi connectivity index (χ4v) is 0.784. The highest BCUT2D eigenvalue weighted by atomic mass is 16.1. The fourth-order valence-electron chi connectivity index (χ4n) is 0.784. The largest absolute Gasteiger partial charge is 0.363 e. The van der Waals surface area contributed by atoms with E-state index < -0.39 is 0 Å². The maximum atomic E-state index is 10.6. The number of rotatable bonds is 1. The van der Waals surface area contributed by atoms with Crippen LogP contribution in [0, 0.1) is 0 Å². The average molecular weight is 142 g/mol. The van der Waals surface area contributed by atoms with Gasteiger partial charge in [0.05, 0.1) is 0 Å². The van der Waals surface area contributed by atoms with Crippen LogP contribution >= 0.6 is 0 Å². The molecule has 0 aliphatic heterocycles. The van der Waals surface area contributed by atoms with Crippen molar-refractivity contribution < 1.29 is 0 Å². The SMILES string of the molecule is CN(C)c1nc(=O)[nH]n1C. The summed E-state index contributed by atoms with van der Waals surface area (Å²) in [5.41, 5.74) is -0.314. The number of anilines is 1. The summed E-state index contributed by atoms with van der Waals surface area (Å²) >= 11 is 0. The summed E-state index contributed by atoms with van der Waals surface area (Å²) in [6.45, 7) is 0. The third-order valence-corrected chi connectivity index (χ3v) is 1.16. The van der Waals surface area contributed by atoms with Gasteiger partial charge in [-0.1, -0.05) is 0 Å². The molecule has 0 radical (unpaired) electrons. The molecule has 0 atom stereocenters. The zero-order valence-electron chi connectivity index (χ0n) is 6.25. The lowest BCUT2D eigenvalue weighted by Gasteiger charge is -2.08. The summed E-state index contributed by atoms with van der Waals surface area (Å²) in [5, 5.41) is 2.50. The second-order valence-electron chi connectivity index (χ2n) is 2.28. The number of hydrogen-bond donors (Lipinski definition) is 1. The quantitative estimate of drug-likeness (QED) is 0.557. The van der Waals surface area contributed by atoms with Crippen LogP contribution in [-0.4, -0.2) is 28.9 Å². The van der Waals surface area contributed by atoms with Gasteiger partial charge in [0.1, 0.15) is 0 Å². The summed E-state index contributed by atoms with van der Waals surface area (Å²) in [5.74, 6) is 0.630. The Bertz CT molecular complexity index is 271. The smallest absolute Gasteiger partial charge is 0.347 e. The second-order valence-corrected chi connectivity index (χ2v) is 2.28. The molecule has 1 heterocycles. The molecule has 1 aromatic rings. The summed E-state index contributed by atoms with van der Waals surface area (Å²) in [4.78, 5) is 16.1. The van der Waals surface area contributed by atoms with Gasteiger partial charge in [0, 0.05) is 21.1 Å². The molecule has 0 spiro atoms. The number of H-pyrrole nitrogens is 1. The topological polar surface area (TPSA) is 53.9 Å². The van der Waals surface area contributed by atoms with Crippen molar-refractivity contribution in [2.24, 2.45) is 7.05 Å². The van der Waals surface area contributed by atoms with Gasteiger partial charge in [-0.05, 0) is 0 Å². The highest BCUT2D eigenvalue weighted by molar-refractivity contribution is 5.24. The van der Waals surface area contributed by atoms with E-state index >= 15 is 0 Å². The van der Waals surface area contributed by atoms with Crippen LogP contribution in [0.5, 0.6) is 0 Å². The average Bonchev–Trinajstić information content (AvgIpc) is 2.10. The van der Waals surface area contributed by atoms with Crippen LogP contribution < -0.4 is 10.6 Å². The molecule has 56 valence electrons. The first-order valence-corrected chi connectivity index (χ1v) is 2.91. The van der Waals surface area contributed by atoms with Crippen molar-refractivity contribution in [2.45, 2.75) is 0 Å². The van der Waals surface area contributed by atoms with Crippen LogP contribution in [0.4, 0.5) is 5.95 Å². The monoisotopic (exact) mass is 142 g/mol. The molecule has 5 heteroatoms. The molecule has 1 aromatic heterocycles. The molecule has 0 fully saturated rings. The Labute approximate surface area is 58.3 Å². The molecular weight excluding hydrogens is 132 g/mol. The summed E-state index contributed by atoms with van der Waals surface area (Å²) in [6.07, 6.45) is 0. The maximum absolute atomic E-state index is 10.6. The van der Waals surface area contributed by atoms with Gasteiger partial charge in [-0.15, -0.1) is 0 Å². The van der Waals surface area contributed by atoms with E-state index in [9.17, 15) is 4.79 Å². The van der Waals surface area contributed by atoms with Crippen molar-refractivity contribution in [3.8, 4) is 0 Å². The van der Waals surface area contributed by atoms with E-state index in [0.717, 1.165) is 0 Å². The molecule has 0 aromatic carbocycles. The van der Waals surface area contributed by atoms with Gasteiger partial charge in [-0.3, -0.25) is 4.68 Å². The molecule has 0 unspecified atom stereocenters. The molecule has 1 N–H and O–H groups in total. The number of aryl methyl sites for hydroxylation is 1. The molecule has 0 saturated carbocycles. The Morgan fingerprint density at radius 2 is 2.20 bits per heavy atom. The van der Waals surface area contributed by atoms with E-state index in [4.69, 9.17) is 0 Å². The van der Waals surface area contributed by atoms with E-state index in [1.165, 1.54) is 0 Å². The Morgan fingerprint density at radius 1 is 1.60 bits per heavy atom. The molecular formula is C5H10N4O. The maximum Gasteiger partial charge on any atom is 0.363 e. The molecule has 1 rings (SSSR count). The van der Waals surface area contributed by atoms with Crippen molar-refractivity contribution in [3.63, 3.8) is 0 Å². The third kappa shape index (κ3) is 1.02. The van der Waals surface area contributed by atoms with Crippen molar-refractivity contribution in [1.29, 1.82) is 0 Å². The predicted octanol–water partition coefficient (Wildman–Crippen LogP) is -0.826. The number of nitrogens with zero attached hydrogens (tertiary/aromatic N) is 3. The van der Waals surface area contributed by atoms with Crippen molar-refractivity contribution >= 4 is 5.95 Å². The Balaban J connectivity index is 3.15. The minimum absolute atomic E-state index is 0.314. The number of aromatic nitrogens is 3. The first-order chi connectivity index (χ1) is 4.61. The normalized spacial score (nSPS) is 9.90. The molecule has 0 aliphatic carbocycles. The van der Waals surface area contributed by atoms with Crippen molar-refractivity contribution in [2.75, 3.05) is 19.0 Å². The Hall–Kier alpha value is -1.26.